The Morgan fingerprint density at radius 3 is 2.86 bits per heavy atom. The van der Waals surface area contributed by atoms with Gasteiger partial charge in [-0.05, 0) is 17.7 Å². The molecule has 14 heavy (non-hydrogen) atoms. The number of amides is 1. The number of ether oxygens (including phenoxy) is 1. The van der Waals surface area contributed by atoms with Crippen molar-refractivity contribution in [1.29, 1.82) is 0 Å². The van der Waals surface area contributed by atoms with Crippen LogP contribution in [-0.2, 0) is 4.74 Å². The summed E-state index contributed by atoms with van der Waals surface area (Å²) < 4.78 is 4.73. The second-order valence-electron chi connectivity index (χ2n) is 2.89. The van der Waals surface area contributed by atoms with E-state index in [0.717, 1.165) is 5.56 Å². The molecule has 1 atom stereocenters. The van der Waals surface area contributed by atoms with Crippen LogP contribution < -0.4 is 5.32 Å². The fourth-order valence-electron chi connectivity index (χ4n) is 1.31. The van der Waals surface area contributed by atoms with Gasteiger partial charge in [0, 0.05) is 0 Å². The summed E-state index contributed by atoms with van der Waals surface area (Å²) in [6.45, 7) is 0.322. The number of hydrogen-bond donors (Lipinski definition) is 2. The van der Waals surface area contributed by atoms with Gasteiger partial charge < -0.3 is 15.2 Å². The zero-order valence-corrected chi connectivity index (χ0v) is 8.08. The van der Waals surface area contributed by atoms with Crippen molar-refractivity contribution in [2.45, 2.75) is 6.04 Å². The van der Waals surface area contributed by atoms with Crippen LogP contribution in [0.1, 0.15) is 11.6 Å². The molecule has 1 aliphatic rings. The van der Waals surface area contributed by atoms with Gasteiger partial charge in [0.1, 0.15) is 12.4 Å². The lowest BCUT2D eigenvalue weighted by atomic mass is 10.1. The molecule has 1 amide bonds. The molecule has 5 heteroatoms. The van der Waals surface area contributed by atoms with Gasteiger partial charge in [0.05, 0.1) is 6.04 Å². The van der Waals surface area contributed by atoms with Gasteiger partial charge in [0.15, 0.2) is 0 Å². The summed E-state index contributed by atoms with van der Waals surface area (Å²) in [5, 5.41) is 11.8. The molecule has 76 valence electrons. The van der Waals surface area contributed by atoms with Crippen LogP contribution in [0.3, 0.4) is 0 Å². The van der Waals surface area contributed by atoms with Crippen LogP contribution in [0, 0.1) is 0 Å². The van der Waals surface area contributed by atoms with Crippen molar-refractivity contribution in [2.24, 2.45) is 0 Å². The minimum Gasteiger partial charge on any atom is -0.508 e. The number of hydrogen-bond acceptors (Lipinski definition) is 3. The van der Waals surface area contributed by atoms with Gasteiger partial charge in [-0.15, -0.1) is 12.4 Å². The van der Waals surface area contributed by atoms with Crippen molar-refractivity contribution >= 4 is 18.5 Å². The van der Waals surface area contributed by atoms with Crippen molar-refractivity contribution in [1.82, 2.24) is 5.32 Å². The van der Waals surface area contributed by atoms with Crippen molar-refractivity contribution in [3.63, 3.8) is 0 Å². The van der Waals surface area contributed by atoms with Gasteiger partial charge in [0.2, 0.25) is 0 Å². The molecule has 0 aliphatic carbocycles. The summed E-state index contributed by atoms with van der Waals surface area (Å²) in [7, 11) is 0. The summed E-state index contributed by atoms with van der Waals surface area (Å²) in [4.78, 5) is 10.7. The van der Waals surface area contributed by atoms with E-state index in [0.29, 0.717) is 6.61 Å². The molecule has 0 aromatic heterocycles. The Hall–Kier alpha value is -1.42. The maximum atomic E-state index is 10.7. The molecule has 0 spiro atoms. The molecular formula is C9H10ClNO3. The largest absolute Gasteiger partial charge is 0.508 e. The molecule has 4 nitrogen and oxygen atoms in total. The number of rotatable bonds is 1. The number of carbonyl (C=O) groups is 1. The van der Waals surface area contributed by atoms with E-state index in [4.69, 9.17) is 4.74 Å². The number of phenols is 1. The first-order valence-corrected chi connectivity index (χ1v) is 3.98. The fourth-order valence-corrected chi connectivity index (χ4v) is 1.31. The Bertz CT molecular complexity index is 343. The first-order valence-electron chi connectivity index (χ1n) is 3.98. The number of benzene rings is 1. The quantitative estimate of drug-likeness (QED) is 0.748. The van der Waals surface area contributed by atoms with Gasteiger partial charge in [-0.3, -0.25) is 0 Å². The van der Waals surface area contributed by atoms with Crippen molar-refractivity contribution in [3.05, 3.63) is 29.8 Å². The molecule has 1 aromatic carbocycles. The highest BCUT2D eigenvalue weighted by atomic mass is 35.5. The fraction of sp³-hybridized carbons (Fsp3) is 0.222. The molecule has 1 aliphatic heterocycles. The third-order valence-electron chi connectivity index (χ3n) is 1.95. The van der Waals surface area contributed by atoms with Crippen LogP contribution in [0.4, 0.5) is 4.79 Å². The molecule has 0 unspecified atom stereocenters. The van der Waals surface area contributed by atoms with Gasteiger partial charge in [-0.25, -0.2) is 4.79 Å². The summed E-state index contributed by atoms with van der Waals surface area (Å²) in [6.07, 6.45) is -0.409. The normalized spacial score (nSPS) is 19.4. The smallest absolute Gasteiger partial charge is 0.407 e. The Kier molecular flexibility index (Phi) is 3.19. The molecule has 2 rings (SSSR count). The van der Waals surface area contributed by atoms with Gasteiger partial charge in [-0.1, -0.05) is 12.1 Å². The van der Waals surface area contributed by atoms with Crippen LogP contribution in [0.5, 0.6) is 5.75 Å². The number of phenolic OH excluding ortho intramolecular Hbond substituents is 1. The zero-order valence-electron chi connectivity index (χ0n) is 7.27. The van der Waals surface area contributed by atoms with Crippen LogP contribution in [0.25, 0.3) is 0 Å². The molecule has 1 aromatic rings. The van der Waals surface area contributed by atoms with E-state index in [-0.39, 0.29) is 24.2 Å². The topological polar surface area (TPSA) is 58.6 Å². The lowest BCUT2D eigenvalue weighted by Crippen LogP contribution is -2.18. The zero-order chi connectivity index (χ0) is 9.26. The minimum atomic E-state index is -0.409. The van der Waals surface area contributed by atoms with Gasteiger partial charge in [-0.2, -0.15) is 0 Å². The Morgan fingerprint density at radius 2 is 2.29 bits per heavy atom. The molecular weight excluding hydrogens is 206 g/mol. The van der Waals surface area contributed by atoms with Crippen LogP contribution in [-0.4, -0.2) is 17.8 Å². The Labute approximate surface area is 87.3 Å². The lowest BCUT2D eigenvalue weighted by Gasteiger charge is -2.06. The first-order chi connectivity index (χ1) is 6.25. The van der Waals surface area contributed by atoms with Crippen LogP contribution >= 0.6 is 12.4 Å². The van der Waals surface area contributed by atoms with Crippen molar-refractivity contribution in [3.8, 4) is 5.75 Å². The number of carbonyl (C=O) groups excluding carboxylic acids is 1. The van der Waals surface area contributed by atoms with Gasteiger partial charge in [0.25, 0.3) is 0 Å². The van der Waals surface area contributed by atoms with E-state index in [1.165, 1.54) is 0 Å². The second kappa shape index (κ2) is 4.19. The van der Waals surface area contributed by atoms with E-state index < -0.39 is 6.09 Å². The third-order valence-corrected chi connectivity index (χ3v) is 1.95. The van der Waals surface area contributed by atoms with E-state index in [2.05, 4.69) is 5.32 Å². The summed E-state index contributed by atoms with van der Waals surface area (Å²) in [5.74, 6) is 0.193. The average molecular weight is 216 g/mol. The van der Waals surface area contributed by atoms with E-state index >= 15 is 0 Å². The van der Waals surface area contributed by atoms with Crippen molar-refractivity contribution < 1.29 is 14.6 Å². The second-order valence-corrected chi connectivity index (χ2v) is 2.89. The maximum absolute atomic E-state index is 10.7. The number of alkyl carbamates (subject to hydrolysis) is 1. The van der Waals surface area contributed by atoms with Gasteiger partial charge >= 0.3 is 6.09 Å². The lowest BCUT2D eigenvalue weighted by molar-refractivity contribution is 0.177. The highest BCUT2D eigenvalue weighted by Gasteiger charge is 2.23. The SMILES string of the molecule is Cl.O=C1N[C@@H](c2cccc(O)c2)CO1. The van der Waals surface area contributed by atoms with E-state index in [9.17, 15) is 9.90 Å². The molecule has 1 saturated heterocycles. The predicted molar refractivity (Wildman–Crippen MR) is 52.6 cm³/mol. The van der Waals surface area contributed by atoms with E-state index in [1.54, 1.807) is 18.2 Å². The third kappa shape index (κ3) is 2.09. The first kappa shape index (κ1) is 10.7. The Balaban J connectivity index is 0.000000980. The summed E-state index contributed by atoms with van der Waals surface area (Å²) in [5.41, 5.74) is 0.853. The molecule has 2 N–H and O–H groups in total. The molecule has 0 radical (unpaired) electrons. The number of halogens is 1. The molecule has 0 saturated carbocycles. The predicted octanol–water partition coefficient (Wildman–Crippen LogP) is 1.59. The minimum absolute atomic E-state index is 0. The standard InChI is InChI=1S/C9H9NO3.ClH/c11-7-3-1-2-6(4-7)8-5-13-9(12)10-8;/h1-4,8,11H,5H2,(H,10,12);1H/t8-;/m1./s1. The number of nitrogens with one attached hydrogen (secondary N) is 1. The summed E-state index contributed by atoms with van der Waals surface area (Å²) in [6, 6.07) is 6.62. The van der Waals surface area contributed by atoms with E-state index in [1.807, 2.05) is 6.07 Å². The number of aromatic hydroxyl groups is 1. The van der Waals surface area contributed by atoms with Crippen LogP contribution in [0.2, 0.25) is 0 Å². The highest BCUT2D eigenvalue weighted by Crippen LogP contribution is 2.21. The maximum Gasteiger partial charge on any atom is 0.407 e. The monoisotopic (exact) mass is 215 g/mol. The molecule has 1 fully saturated rings. The van der Waals surface area contributed by atoms with Crippen LogP contribution in [0.15, 0.2) is 24.3 Å². The molecule has 0 bridgehead atoms. The molecule has 1 heterocycles. The summed E-state index contributed by atoms with van der Waals surface area (Å²) >= 11 is 0. The average Bonchev–Trinajstić information content (AvgIpc) is 2.52. The number of cyclic esters (lactones) is 1. The highest BCUT2D eigenvalue weighted by molar-refractivity contribution is 5.85. The van der Waals surface area contributed by atoms with Crippen molar-refractivity contribution in [2.75, 3.05) is 6.61 Å². The Morgan fingerprint density at radius 1 is 1.50 bits per heavy atom.